The molecule has 27 heavy (non-hydrogen) atoms. The Hall–Kier alpha value is -1.82. The van der Waals surface area contributed by atoms with Gasteiger partial charge in [-0.15, -0.1) is 12.4 Å². The molecule has 1 N–H and O–H groups in total. The maximum atomic E-state index is 12.9. The third kappa shape index (κ3) is 4.37. The molecule has 2 aromatic rings. The van der Waals surface area contributed by atoms with Crippen LogP contribution in [-0.2, 0) is 11.2 Å². The fraction of sp³-hybridized carbons (Fsp3) is 0.476. The standard InChI is InChI=1S/C21H27N3O2.ClH/c1-26-19-6-5-16-3-2-4-17(20(16)14-19)13-21(25)24-10-7-18(15-24)23-11-8-22-9-12-23;/h2-6,14,18,22H,7-13,15H2,1H3;1H. The van der Waals surface area contributed by atoms with Crippen LogP contribution in [0, 0.1) is 0 Å². The monoisotopic (exact) mass is 389 g/mol. The predicted octanol–water partition coefficient (Wildman–Crippen LogP) is 2.32. The zero-order valence-corrected chi connectivity index (χ0v) is 16.6. The Morgan fingerprint density at radius 2 is 2.00 bits per heavy atom. The topological polar surface area (TPSA) is 44.8 Å². The van der Waals surface area contributed by atoms with Gasteiger partial charge < -0.3 is 15.0 Å². The van der Waals surface area contributed by atoms with Gasteiger partial charge in [0.2, 0.25) is 5.91 Å². The molecule has 6 heteroatoms. The Morgan fingerprint density at radius 1 is 1.19 bits per heavy atom. The summed E-state index contributed by atoms with van der Waals surface area (Å²) >= 11 is 0. The number of carbonyl (C=O) groups excluding carboxylic acids is 1. The molecule has 2 aliphatic heterocycles. The van der Waals surface area contributed by atoms with Crippen molar-refractivity contribution in [1.82, 2.24) is 15.1 Å². The molecular formula is C21H28ClN3O2. The van der Waals surface area contributed by atoms with Crippen LogP contribution in [-0.4, -0.2) is 68.1 Å². The molecule has 1 amide bonds. The van der Waals surface area contributed by atoms with Crippen molar-refractivity contribution in [3.8, 4) is 5.75 Å². The summed E-state index contributed by atoms with van der Waals surface area (Å²) in [4.78, 5) is 17.5. The molecular weight excluding hydrogens is 362 g/mol. The zero-order valence-electron chi connectivity index (χ0n) is 15.8. The van der Waals surface area contributed by atoms with Gasteiger partial charge in [-0.3, -0.25) is 9.69 Å². The number of rotatable bonds is 4. The Labute approximate surface area is 167 Å². The van der Waals surface area contributed by atoms with E-state index in [1.807, 2.05) is 23.1 Å². The minimum Gasteiger partial charge on any atom is -0.497 e. The minimum atomic E-state index is 0. The number of benzene rings is 2. The normalized spacial score (nSPS) is 20.5. The summed E-state index contributed by atoms with van der Waals surface area (Å²) in [6.45, 7) is 6.05. The fourth-order valence-electron chi connectivity index (χ4n) is 4.19. The maximum absolute atomic E-state index is 12.9. The van der Waals surface area contributed by atoms with Crippen LogP contribution < -0.4 is 10.1 Å². The van der Waals surface area contributed by atoms with Gasteiger partial charge >= 0.3 is 0 Å². The van der Waals surface area contributed by atoms with Crippen molar-refractivity contribution in [3.05, 3.63) is 42.0 Å². The predicted molar refractivity (Wildman–Crippen MR) is 111 cm³/mol. The molecule has 146 valence electrons. The van der Waals surface area contributed by atoms with Crippen LogP contribution >= 0.6 is 12.4 Å². The Balaban J connectivity index is 0.00000210. The van der Waals surface area contributed by atoms with Gasteiger partial charge in [-0.1, -0.05) is 24.3 Å². The molecule has 2 fully saturated rings. The lowest BCUT2D eigenvalue weighted by atomic mass is 10.0. The third-order valence-corrected chi connectivity index (χ3v) is 5.71. The lowest BCUT2D eigenvalue weighted by molar-refractivity contribution is -0.129. The lowest BCUT2D eigenvalue weighted by Crippen LogP contribution is -2.49. The highest BCUT2D eigenvalue weighted by Crippen LogP contribution is 2.25. The van der Waals surface area contributed by atoms with Crippen LogP contribution in [0.2, 0.25) is 0 Å². The summed E-state index contributed by atoms with van der Waals surface area (Å²) in [6.07, 6.45) is 1.55. The number of ether oxygens (including phenoxy) is 1. The summed E-state index contributed by atoms with van der Waals surface area (Å²) in [5.74, 6) is 1.07. The molecule has 0 saturated carbocycles. The number of hydrogen-bond donors (Lipinski definition) is 1. The molecule has 2 aliphatic rings. The largest absolute Gasteiger partial charge is 0.497 e. The van der Waals surface area contributed by atoms with Gasteiger partial charge in [0.05, 0.1) is 13.5 Å². The number of nitrogens with zero attached hydrogens (tertiary/aromatic N) is 2. The summed E-state index contributed by atoms with van der Waals surface area (Å²) in [5, 5.41) is 5.66. The summed E-state index contributed by atoms with van der Waals surface area (Å²) in [5.41, 5.74) is 1.08. The highest BCUT2D eigenvalue weighted by molar-refractivity contribution is 5.91. The van der Waals surface area contributed by atoms with E-state index in [-0.39, 0.29) is 18.3 Å². The number of hydrogen-bond acceptors (Lipinski definition) is 4. The molecule has 2 aromatic carbocycles. The lowest BCUT2D eigenvalue weighted by Gasteiger charge is -2.32. The number of nitrogens with one attached hydrogen (secondary N) is 1. The summed E-state index contributed by atoms with van der Waals surface area (Å²) < 4.78 is 5.36. The van der Waals surface area contributed by atoms with E-state index in [0.717, 1.165) is 67.8 Å². The molecule has 1 atom stereocenters. The third-order valence-electron chi connectivity index (χ3n) is 5.71. The summed E-state index contributed by atoms with van der Waals surface area (Å²) in [7, 11) is 1.68. The number of carbonyl (C=O) groups is 1. The molecule has 5 nitrogen and oxygen atoms in total. The number of amides is 1. The van der Waals surface area contributed by atoms with Gasteiger partial charge in [-0.2, -0.15) is 0 Å². The van der Waals surface area contributed by atoms with Gasteiger partial charge in [0.25, 0.3) is 0 Å². The molecule has 2 heterocycles. The highest BCUT2D eigenvalue weighted by atomic mass is 35.5. The number of methoxy groups -OCH3 is 1. The number of piperazine rings is 1. The van der Waals surface area contributed by atoms with Gasteiger partial charge in [-0.05, 0) is 34.9 Å². The average molecular weight is 390 g/mol. The van der Waals surface area contributed by atoms with Crippen molar-refractivity contribution in [3.63, 3.8) is 0 Å². The quantitative estimate of drug-likeness (QED) is 0.871. The first-order valence-corrected chi connectivity index (χ1v) is 9.53. The molecule has 1 unspecified atom stereocenters. The van der Waals surface area contributed by atoms with Crippen molar-refractivity contribution in [2.45, 2.75) is 18.9 Å². The number of likely N-dealkylation sites (tertiary alicyclic amines) is 1. The number of halogens is 1. The average Bonchev–Trinajstić information content (AvgIpc) is 3.19. The maximum Gasteiger partial charge on any atom is 0.227 e. The second-order valence-corrected chi connectivity index (χ2v) is 7.25. The molecule has 0 spiro atoms. The molecule has 4 rings (SSSR count). The van der Waals surface area contributed by atoms with E-state index in [1.54, 1.807) is 7.11 Å². The summed E-state index contributed by atoms with van der Waals surface area (Å²) in [6, 6.07) is 12.7. The molecule has 0 aromatic heterocycles. The number of fused-ring (bicyclic) bond motifs is 1. The van der Waals surface area contributed by atoms with Crippen LogP contribution in [0.5, 0.6) is 5.75 Å². The minimum absolute atomic E-state index is 0. The fourth-order valence-corrected chi connectivity index (χ4v) is 4.19. The smallest absolute Gasteiger partial charge is 0.227 e. The highest BCUT2D eigenvalue weighted by Gasteiger charge is 2.30. The van der Waals surface area contributed by atoms with Crippen LogP contribution in [0.25, 0.3) is 10.8 Å². The van der Waals surface area contributed by atoms with Crippen molar-refractivity contribution in [1.29, 1.82) is 0 Å². The van der Waals surface area contributed by atoms with Crippen molar-refractivity contribution >= 4 is 29.1 Å². The van der Waals surface area contributed by atoms with Crippen molar-refractivity contribution in [2.75, 3.05) is 46.4 Å². The van der Waals surface area contributed by atoms with E-state index < -0.39 is 0 Å². The van der Waals surface area contributed by atoms with Crippen LogP contribution in [0.15, 0.2) is 36.4 Å². The van der Waals surface area contributed by atoms with Crippen LogP contribution in [0.4, 0.5) is 0 Å². The Morgan fingerprint density at radius 3 is 2.78 bits per heavy atom. The van der Waals surface area contributed by atoms with Gasteiger partial charge in [0, 0.05) is 45.3 Å². The van der Waals surface area contributed by atoms with Crippen LogP contribution in [0.1, 0.15) is 12.0 Å². The first kappa shape index (κ1) is 19.9. The first-order valence-electron chi connectivity index (χ1n) is 9.53. The van der Waals surface area contributed by atoms with E-state index >= 15 is 0 Å². The van der Waals surface area contributed by atoms with E-state index in [9.17, 15) is 4.79 Å². The molecule has 0 bridgehead atoms. The van der Waals surface area contributed by atoms with Gasteiger partial charge in [0.15, 0.2) is 0 Å². The van der Waals surface area contributed by atoms with E-state index in [1.165, 1.54) is 0 Å². The molecule has 2 saturated heterocycles. The second-order valence-electron chi connectivity index (χ2n) is 7.25. The SMILES string of the molecule is COc1ccc2cccc(CC(=O)N3CCC(N4CCNCC4)C3)c2c1.Cl. The Kier molecular flexibility index (Phi) is 6.58. The van der Waals surface area contributed by atoms with Gasteiger partial charge in [-0.25, -0.2) is 0 Å². The van der Waals surface area contributed by atoms with Crippen molar-refractivity contribution < 1.29 is 9.53 Å². The van der Waals surface area contributed by atoms with Crippen molar-refractivity contribution in [2.24, 2.45) is 0 Å². The van der Waals surface area contributed by atoms with E-state index in [0.29, 0.717) is 12.5 Å². The second kappa shape index (κ2) is 8.91. The molecule has 0 aliphatic carbocycles. The van der Waals surface area contributed by atoms with E-state index in [4.69, 9.17) is 4.74 Å². The molecule has 0 radical (unpaired) electrons. The van der Waals surface area contributed by atoms with Gasteiger partial charge in [0.1, 0.15) is 5.75 Å². The Bertz CT molecular complexity index is 792. The van der Waals surface area contributed by atoms with Crippen LogP contribution in [0.3, 0.4) is 0 Å². The first-order chi connectivity index (χ1) is 12.7. The van der Waals surface area contributed by atoms with E-state index in [2.05, 4.69) is 28.4 Å². The zero-order chi connectivity index (χ0) is 17.9.